The monoisotopic (exact) mass is 327 g/mol. The Morgan fingerprint density at radius 3 is 2.48 bits per heavy atom. The van der Waals surface area contributed by atoms with Gasteiger partial charge in [0.1, 0.15) is 4.90 Å². The van der Waals surface area contributed by atoms with E-state index in [1.807, 2.05) is 6.26 Å². The second kappa shape index (κ2) is 5.78. The van der Waals surface area contributed by atoms with Crippen molar-refractivity contribution in [1.29, 1.82) is 0 Å². The molecule has 0 aliphatic carbocycles. The number of carbonyl (C=O) groups is 1. The van der Waals surface area contributed by atoms with Gasteiger partial charge in [-0.2, -0.15) is 5.10 Å². The number of H-pyrrole nitrogens is 1. The number of hydrogen-bond acceptors (Lipinski definition) is 5. The summed E-state index contributed by atoms with van der Waals surface area (Å²) in [6.45, 7) is 1.45. The van der Waals surface area contributed by atoms with Crippen LogP contribution in [0.1, 0.15) is 16.2 Å². The lowest BCUT2D eigenvalue weighted by Crippen LogP contribution is -2.17. The minimum absolute atomic E-state index is 0.167. The number of nitrogens with one attached hydrogen (secondary N) is 2. The molecule has 2 rings (SSSR count). The van der Waals surface area contributed by atoms with E-state index in [2.05, 4.69) is 14.9 Å². The lowest BCUT2D eigenvalue weighted by atomic mass is 10.3. The standard InChI is InChI=1S/C12H13N3O4S2/c1-7-11(10(12(16)17)14-13-7)21(18,19)15-8-3-5-9(20-2)6-4-8/h3-6,15H,1-2H3,(H,13,14)(H,16,17). The Bertz CT molecular complexity index is 766. The summed E-state index contributed by atoms with van der Waals surface area (Å²) in [6.07, 6.45) is 1.91. The fourth-order valence-corrected chi connectivity index (χ4v) is 3.55. The van der Waals surface area contributed by atoms with Gasteiger partial charge in [-0.3, -0.25) is 9.82 Å². The quantitative estimate of drug-likeness (QED) is 0.724. The van der Waals surface area contributed by atoms with Crippen molar-refractivity contribution in [3.63, 3.8) is 0 Å². The van der Waals surface area contributed by atoms with Crippen LogP contribution in [-0.4, -0.2) is 35.9 Å². The average molecular weight is 327 g/mol. The van der Waals surface area contributed by atoms with Crippen molar-refractivity contribution in [1.82, 2.24) is 10.2 Å². The number of aryl methyl sites for hydroxylation is 1. The summed E-state index contributed by atoms with van der Waals surface area (Å²) in [5.74, 6) is -1.41. The molecular formula is C12H13N3O4S2. The maximum absolute atomic E-state index is 12.3. The van der Waals surface area contributed by atoms with Crippen LogP contribution in [0.3, 0.4) is 0 Å². The number of rotatable bonds is 5. The first-order valence-electron chi connectivity index (χ1n) is 5.80. The summed E-state index contributed by atoms with van der Waals surface area (Å²) in [4.78, 5) is 11.7. The first-order valence-corrected chi connectivity index (χ1v) is 8.51. The molecule has 1 aromatic carbocycles. The number of aromatic carboxylic acids is 1. The molecule has 0 radical (unpaired) electrons. The molecule has 0 saturated heterocycles. The van der Waals surface area contributed by atoms with Crippen molar-refractivity contribution in [2.75, 3.05) is 11.0 Å². The molecule has 0 atom stereocenters. The second-order valence-corrected chi connectivity index (χ2v) is 6.66. The van der Waals surface area contributed by atoms with Gasteiger partial charge >= 0.3 is 5.97 Å². The predicted octanol–water partition coefficient (Wildman–Crippen LogP) is 1.94. The normalized spacial score (nSPS) is 11.3. The van der Waals surface area contributed by atoms with Crippen molar-refractivity contribution in [2.45, 2.75) is 16.7 Å². The SMILES string of the molecule is CSc1ccc(NS(=O)(=O)c2c(C(=O)O)n[nH]c2C)cc1. The van der Waals surface area contributed by atoms with Crippen LogP contribution in [0, 0.1) is 6.92 Å². The van der Waals surface area contributed by atoms with Gasteiger partial charge in [0.15, 0.2) is 5.69 Å². The molecule has 0 aliphatic rings. The molecule has 9 heteroatoms. The second-order valence-electron chi connectivity index (χ2n) is 4.17. The molecule has 112 valence electrons. The number of benzene rings is 1. The lowest BCUT2D eigenvalue weighted by Gasteiger charge is -2.08. The highest BCUT2D eigenvalue weighted by atomic mass is 32.2. The van der Waals surface area contributed by atoms with Gasteiger partial charge in [-0.1, -0.05) is 0 Å². The Morgan fingerprint density at radius 1 is 1.33 bits per heavy atom. The zero-order chi connectivity index (χ0) is 15.6. The number of hydrogen-bond donors (Lipinski definition) is 3. The molecule has 0 spiro atoms. The average Bonchev–Trinajstić information content (AvgIpc) is 2.82. The van der Waals surface area contributed by atoms with Crippen LogP contribution in [0.25, 0.3) is 0 Å². The van der Waals surface area contributed by atoms with Crippen LogP contribution in [0.2, 0.25) is 0 Å². The molecule has 0 amide bonds. The third-order valence-electron chi connectivity index (χ3n) is 2.70. The molecule has 2 aromatic rings. The van der Waals surface area contributed by atoms with E-state index in [9.17, 15) is 13.2 Å². The Labute approximate surface area is 125 Å². The molecule has 1 heterocycles. The van der Waals surface area contributed by atoms with Crippen LogP contribution in [0.5, 0.6) is 0 Å². The van der Waals surface area contributed by atoms with E-state index in [-0.39, 0.29) is 10.6 Å². The Balaban J connectivity index is 2.38. The van der Waals surface area contributed by atoms with E-state index in [1.54, 1.807) is 24.3 Å². The molecule has 0 aliphatic heterocycles. The van der Waals surface area contributed by atoms with Crippen LogP contribution < -0.4 is 4.72 Å². The van der Waals surface area contributed by atoms with Crippen LogP contribution in [0.15, 0.2) is 34.1 Å². The van der Waals surface area contributed by atoms with Gasteiger partial charge in [0.25, 0.3) is 10.0 Å². The van der Waals surface area contributed by atoms with E-state index >= 15 is 0 Å². The van der Waals surface area contributed by atoms with Crippen LogP contribution >= 0.6 is 11.8 Å². The predicted molar refractivity (Wildman–Crippen MR) is 79.3 cm³/mol. The lowest BCUT2D eigenvalue weighted by molar-refractivity contribution is 0.0686. The summed E-state index contributed by atoms with van der Waals surface area (Å²) >= 11 is 1.53. The zero-order valence-corrected chi connectivity index (χ0v) is 12.9. The van der Waals surface area contributed by atoms with Gasteiger partial charge in [-0.25, -0.2) is 13.2 Å². The van der Waals surface area contributed by atoms with Gasteiger partial charge in [0.05, 0.1) is 5.69 Å². The maximum atomic E-state index is 12.3. The number of thioether (sulfide) groups is 1. The van der Waals surface area contributed by atoms with Crippen molar-refractivity contribution in [3.8, 4) is 0 Å². The molecule has 7 nitrogen and oxygen atoms in total. The highest BCUT2D eigenvalue weighted by molar-refractivity contribution is 7.98. The van der Waals surface area contributed by atoms with Gasteiger partial charge in [-0.05, 0) is 37.4 Å². The summed E-state index contributed by atoms with van der Waals surface area (Å²) in [5.41, 5.74) is -0.00823. The van der Waals surface area contributed by atoms with E-state index < -0.39 is 21.7 Å². The minimum atomic E-state index is -4.03. The van der Waals surface area contributed by atoms with Gasteiger partial charge < -0.3 is 5.11 Å². The van der Waals surface area contributed by atoms with Crippen molar-refractivity contribution >= 4 is 33.4 Å². The largest absolute Gasteiger partial charge is 0.476 e. The van der Waals surface area contributed by atoms with Crippen LogP contribution in [0.4, 0.5) is 5.69 Å². The number of carboxylic acid groups (broad SMARTS) is 1. The number of aromatic nitrogens is 2. The highest BCUT2D eigenvalue weighted by Gasteiger charge is 2.28. The molecule has 0 unspecified atom stereocenters. The summed E-state index contributed by atoms with van der Waals surface area (Å²) in [5, 5.41) is 14.9. The van der Waals surface area contributed by atoms with Crippen molar-refractivity contribution in [3.05, 3.63) is 35.7 Å². The molecule has 3 N–H and O–H groups in total. The summed E-state index contributed by atoms with van der Waals surface area (Å²) < 4.78 is 27.0. The molecule has 0 bridgehead atoms. The Kier molecular flexibility index (Phi) is 4.24. The third kappa shape index (κ3) is 3.19. The third-order valence-corrected chi connectivity index (χ3v) is 4.99. The smallest absolute Gasteiger partial charge is 0.357 e. The number of carboxylic acids is 1. The number of nitrogens with zero attached hydrogens (tertiary/aromatic N) is 1. The molecule has 1 aromatic heterocycles. The van der Waals surface area contributed by atoms with Crippen molar-refractivity contribution < 1.29 is 18.3 Å². The number of sulfonamides is 1. The Hall–Kier alpha value is -2.00. The summed E-state index contributed by atoms with van der Waals surface area (Å²) in [7, 11) is -4.03. The topological polar surface area (TPSA) is 112 Å². The number of anilines is 1. The van der Waals surface area contributed by atoms with E-state index in [0.29, 0.717) is 5.69 Å². The van der Waals surface area contributed by atoms with Crippen molar-refractivity contribution in [2.24, 2.45) is 0 Å². The van der Waals surface area contributed by atoms with E-state index in [4.69, 9.17) is 5.11 Å². The molecule has 0 saturated carbocycles. The maximum Gasteiger partial charge on any atom is 0.357 e. The van der Waals surface area contributed by atoms with Crippen LogP contribution in [-0.2, 0) is 10.0 Å². The van der Waals surface area contributed by atoms with Gasteiger partial charge in [0.2, 0.25) is 0 Å². The fourth-order valence-electron chi connectivity index (χ4n) is 1.76. The fraction of sp³-hybridized carbons (Fsp3) is 0.167. The van der Waals surface area contributed by atoms with E-state index in [0.717, 1.165) is 4.90 Å². The molecular weight excluding hydrogens is 314 g/mol. The van der Waals surface area contributed by atoms with Gasteiger partial charge in [-0.15, -0.1) is 11.8 Å². The first kappa shape index (κ1) is 15.4. The highest BCUT2D eigenvalue weighted by Crippen LogP contribution is 2.23. The van der Waals surface area contributed by atoms with E-state index in [1.165, 1.54) is 18.7 Å². The Morgan fingerprint density at radius 2 is 1.95 bits per heavy atom. The summed E-state index contributed by atoms with van der Waals surface area (Å²) in [6, 6.07) is 6.75. The first-order chi connectivity index (χ1) is 9.85. The minimum Gasteiger partial charge on any atom is -0.476 e. The zero-order valence-electron chi connectivity index (χ0n) is 11.2. The molecule has 21 heavy (non-hydrogen) atoms. The number of aromatic amines is 1. The molecule has 0 fully saturated rings. The van der Waals surface area contributed by atoms with Gasteiger partial charge in [0, 0.05) is 10.6 Å².